The van der Waals surface area contributed by atoms with Gasteiger partial charge in [-0.3, -0.25) is 15.0 Å². The number of nitro groups is 1. The summed E-state index contributed by atoms with van der Waals surface area (Å²) in [6.45, 7) is 2.68. The molecule has 1 aliphatic heterocycles. The van der Waals surface area contributed by atoms with E-state index in [0.29, 0.717) is 6.54 Å². The fraction of sp³-hybridized carbons (Fsp3) is 0.462. The minimum absolute atomic E-state index is 0.176. The summed E-state index contributed by atoms with van der Waals surface area (Å²) < 4.78 is 0. The van der Waals surface area contributed by atoms with Crippen LogP contribution in [0.3, 0.4) is 0 Å². The Kier molecular flexibility index (Phi) is 3.05. The van der Waals surface area contributed by atoms with Crippen LogP contribution in [0.1, 0.15) is 17.0 Å². The molecule has 1 aliphatic rings. The molecule has 1 saturated heterocycles. The number of likely N-dealkylation sites (tertiary alicyclic amines) is 1. The molecule has 18 heavy (non-hydrogen) atoms. The maximum absolute atomic E-state index is 11.3. The summed E-state index contributed by atoms with van der Waals surface area (Å²) in [5.74, 6) is -0.372. The van der Waals surface area contributed by atoms with Gasteiger partial charge in [0, 0.05) is 11.5 Å². The third-order valence-corrected chi connectivity index (χ3v) is 3.58. The van der Waals surface area contributed by atoms with Gasteiger partial charge in [0.05, 0.1) is 12.5 Å². The van der Waals surface area contributed by atoms with Gasteiger partial charge in [-0.1, -0.05) is 29.8 Å². The van der Waals surface area contributed by atoms with Crippen LogP contribution in [0.25, 0.3) is 0 Å². The van der Waals surface area contributed by atoms with E-state index in [2.05, 4.69) is 0 Å². The topological polar surface area (TPSA) is 70.2 Å². The van der Waals surface area contributed by atoms with Crippen molar-refractivity contribution >= 4 is 0 Å². The molecular weight excluding hydrogens is 230 g/mol. The lowest BCUT2D eigenvalue weighted by molar-refractivity contribution is -0.550. The molecule has 0 radical (unpaired) electrons. The summed E-state index contributed by atoms with van der Waals surface area (Å²) in [7, 11) is 1.81. The Bertz CT molecular complexity index is 506. The van der Waals surface area contributed by atoms with Crippen LogP contribution in [0.2, 0.25) is 0 Å². The summed E-state index contributed by atoms with van der Waals surface area (Å²) >= 11 is 0. The second-order valence-electron chi connectivity index (χ2n) is 4.95. The molecule has 1 heterocycles. The Morgan fingerprint density at radius 3 is 2.61 bits per heavy atom. The predicted molar refractivity (Wildman–Crippen MR) is 66.8 cm³/mol. The van der Waals surface area contributed by atoms with Crippen LogP contribution in [0.4, 0.5) is 0 Å². The Hall–Kier alpha value is -1.93. The Morgan fingerprint density at radius 1 is 1.50 bits per heavy atom. The number of rotatable bonds is 2. The van der Waals surface area contributed by atoms with Crippen molar-refractivity contribution in [1.29, 1.82) is 5.26 Å². The number of hydrogen-bond acceptors (Lipinski definition) is 4. The maximum Gasteiger partial charge on any atom is 0.325 e. The highest BCUT2D eigenvalue weighted by atomic mass is 16.6. The quantitative estimate of drug-likeness (QED) is 0.585. The van der Waals surface area contributed by atoms with Crippen molar-refractivity contribution in [3.63, 3.8) is 0 Å². The van der Waals surface area contributed by atoms with Crippen molar-refractivity contribution in [3.8, 4) is 6.07 Å². The molecule has 0 spiro atoms. The van der Waals surface area contributed by atoms with Crippen LogP contribution in [0.15, 0.2) is 24.3 Å². The fourth-order valence-electron chi connectivity index (χ4n) is 2.57. The Labute approximate surface area is 106 Å². The molecule has 0 saturated carbocycles. The van der Waals surface area contributed by atoms with Gasteiger partial charge in [0.15, 0.2) is 0 Å². The molecule has 94 valence electrons. The number of hydrogen-bond donors (Lipinski definition) is 0. The van der Waals surface area contributed by atoms with Gasteiger partial charge in [-0.05, 0) is 19.5 Å². The van der Waals surface area contributed by atoms with Crippen molar-refractivity contribution in [2.45, 2.75) is 18.4 Å². The molecular formula is C13H15N3O2. The first-order chi connectivity index (χ1) is 8.49. The number of nitrogens with zero attached hydrogens (tertiary/aromatic N) is 3. The van der Waals surface area contributed by atoms with Gasteiger partial charge >= 0.3 is 5.54 Å². The van der Waals surface area contributed by atoms with Crippen LogP contribution < -0.4 is 0 Å². The molecule has 5 nitrogen and oxygen atoms in total. The standard InChI is InChI=1S/C13H15N3O2/c1-10-3-5-11(6-4-10)12-7-15(2)9-13(12,8-14)16(17)18/h3-6,12H,7,9H2,1-2H3. The first-order valence-electron chi connectivity index (χ1n) is 5.80. The van der Waals surface area contributed by atoms with E-state index < -0.39 is 10.5 Å². The summed E-state index contributed by atoms with van der Waals surface area (Å²) in [5.41, 5.74) is 0.446. The minimum Gasteiger partial charge on any atom is -0.298 e. The summed E-state index contributed by atoms with van der Waals surface area (Å²) in [6, 6.07) is 9.55. The third kappa shape index (κ3) is 1.85. The molecule has 1 aromatic carbocycles. The van der Waals surface area contributed by atoms with E-state index in [1.165, 1.54) is 0 Å². The molecule has 0 N–H and O–H groups in total. The lowest BCUT2D eigenvalue weighted by Gasteiger charge is -2.19. The monoisotopic (exact) mass is 245 g/mol. The van der Waals surface area contributed by atoms with Crippen molar-refractivity contribution in [2.75, 3.05) is 20.1 Å². The number of nitriles is 1. The average molecular weight is 245 g/mol. The highest BCUT2D eigenvalue weighted by molar-refractivity contribution is 5.32. The van der Waals surface area contributed by atoms with Gasteiger partial charge in [0.2, 0.25) is 0 Å². The molecule has 1 fully saturated rings. The first-order valence-corrected chi connectivity index (χ1v) is 5.80. The van der Waals surface area contributed by atoms with Crippen LogP contribution in [-0.4, -0.2) is 35.5 Å². The molecule has 0 aromatic heterocycles. The lowest BCUT2D eigenvalue weighted by atomic mass is 9.83. The Balaban J connectivity index is 2.45. The molecule has 0 aliphatic carbocycles. The normalized spacial score (nSPS) is 27.9. The number of likely N-dealkylation sites (N-methyl/N-ethyl adjacent to an activating group) is 1. The molecule has 2 rings (SSSR count). The highest BCUT2D eigenvalue weighted by Crippen LogP contribution is 2.37. The summed E-state index contributed by atoms with van der Waals surface area (Å²) in [5, 5.41) is 20.6. The predicted octanol–water partition coefficient (Wildman–Crippen LogP) is 1.56. The largest absolute Gasteiger partial charge is 0.325 e. The van der Waals surface area contributed by atoms with E-state index in [0.717, 1.165) is 11.1 Å². The second-order valence-corrected chi connectivity index (χ2v) is 4.95. The van der Waals surface area contributed by atoms with Gasteiger partial charge in [0.1, 0.15) is 6.07 Å². The smallest absolute Gasteiger partial charge is 0.298 e. The second kappa shape index (κ2) is 4.39. The maximum atomic E-state index is 11.3. The molecule has 0 bridgehead atoms. The first kappa shape index (κ1) is 12.5. The average Bonchev–Trinajstić information content (AvgIpc) is 2.68. The van der Waals surface area contributed by atoms with E-state index in [1.54, 1.807) is 0 Å². The van der Waals surface area contributed by atoms with E-state index in [9.17, 15) is 15.4 Å². The fourth-order valence-corrected chi connectivity index (χ4v) is 2.57. The minimum atomic E-state index is -1.52. The van der Waals surface area contributed by atoms with Gasteiger partial charge in [-0.15, -0.1) is 0 Å². The Morgan fingerprint density at radius 2 is 2.11 bits per heavy atom. The van der Waals surface area contributed by atoms with Gasteiger partial charge in [-0.2, -0.15) is 5.26 Å². The third-order valence-electron chi connectivity index (χ3n) is 3.58. The molecule has 2 unspecified atom stereocenters. The zero-order chi connectivity index (χ0) is 13.3. The molecule has 5 heteroatoms. The van der Waals surface area contributed by atoms with Gasteiger partial charge in [0.25, 0.3) is 0 Å². The van der Waals surface area contributed by atoms with Gasteiger partial charge < -0.3 is 0 Å². The van der Waals surface area contributed by atoms with Crippen molar-refractivity contribution in [3.05, 3.63) is 45.5 Å². The highest BCUT2D eigenvalue weighted by Gasteiger charge is 2.57. The number of aryl methyl sites for hydroxylation is 1. The summed E-state index contributed by atoms with van der Waals surface area (Å²) in [6.07, 6.45) is 0. The van der Waals surface area contributed by atoms with E-state index in [1.807, 2.05) is 49.2 Å². The van der Waals surface area contributed by atoms with Crippen molar-refractivity contribution in [1.82, 2.24) is 4.90 Å². The van der Waals surface area contributed by atoms with Crippen LogP contribution >= 0.6 is 0 Å². The lowest BCUT2D eigenvalue weighted by Crippen LogP contribution is -2.43. The van der Waals surface area contributed by atoms with E-state index in [-0.39, 0.29) is 12.5 Å². The number of benzene rings is 1. The zero-order valence-electron chi connectivity index (χ0n) is 10.5. The van der Waals surface area contributed by atoms with E-state index in [4.69, 9.17) is 0 Å². The van der Waals surface area contributed by atoms with Crippen LogP contribution in [-0.2, 0) is 0 Å². The van der Waals surface area contributed by atoms with Crippen molar-refractivity contribution in [2.24, 2.45) is 0 Å². The summed E-state index contributed by atoms with van der Waals surface area (Å²) in [4.78, 5) is 12.7. The molecule has 2 atom stereocenters. The van der Waals surface area contributed by atoms with Gasteiger partial charge in [-0.25, -0.2) is 0 Å². The molecule has 1 aromatic rings. The molecule has 0 amide bonds. The van der Waals surface area contributed by atoms with Crippen LogP contribution in [0, 0.1) is 28.4 Å². The van der Waals surface area contributed by atoms with Crippen molar-refractivity contribution < 1.29 is 4.92 Å². The van der Waals surface area contributed by atoms with Crippen LogP contribution in [0.5, 0.6) is 0 Å². The SMILES string of the molecule is Cc1ccc(C2CN(C)CC2(C#N)[N+](=O)[O-])cc1. The zero-order valence-corrected chi connectivity index (χ0v) is 10.5. The van der Waals surface area contributed by atoms with E-state index >= 15 is 0 Å².